The molecule has 5 heteroatoms. The van der Waals surface area contributed by atoms with Crippen LogP contribution in [0.2, 0.25) is 5.02 Å². The standard InChI is InChI=1S/C16H16ClNO3/c1-2-21-16(20)11-5-3-6-12(9-11)18-10-13-14(17)7-4-8-15(13)19/h3-9,18-19H,2,10H2,1H3. The monoisotopic (exact) mass is 305 g/mol. The van der Waals surface area contributed by atoms with Gasteiger partial charge in [-0.05, 0) is 37.3 Å². The normalized spacial score (nSPS) is 10.2. The number of nitrogens with one attached hydrogen (secondary N) is 1. The fourth-order valence-corrected chi connectivity index (χ4v) is 2.12. The number of halogens is 1. The van der Waals surface area contributed by atoms with E-state index < -0.39 is 0 Å². The third kappa shape index (κ3) is 3.89. The second-order valence-corrected chi connectivity index (χ2v) is 4.80. The third-order valence-electron chi connectivity index (χ3n) is 2.94. The van der Waals surface area contributed by atoms with Gasteiger partial charge >= 0.3 is 5.97 Å². The summed E-state index contributed by atoms with van der Waals surface area (Å²) in [6.07, 6.45) is 0. The number of carbonyl (C=O) groups is 1. The first-order valence-corrected chi connectivity index (χ1v) is 6.97. The number of ether oxygens (including phenoxy) is 1. The molecule has 0 saturated carbocycles. The smallest absolute Gasteiger partial charge is 0.338 e. The summed E-state index contributed by atoms with van der Waals surface area (Å²) in [6.45, 7) is 2.46. The molecule has 0 aliphatic carbocycles. The molecular weight excluding hydrogens is 290 g/mol. The fourth-order valence-electron chi connectivity index (χ4n) is 1.88. The van der Waals surface area contributed by atoms with E-state index in [-0.39, 0.29) is 11.7 Å². The zero-order valence-electron chi connectivity index (χ0n) is 11.6. The van der Waals surface area contributed by atoms with Gasteiger partial charge in [0.25, 0.3) is 0 Å². The van der Waals surface area contributed by atoms with E-state index in [0.29, 0.717) is 29.3 Å². The van der Waals surface area contributed by atoms with Crippen molar-refractivity contribution in [2.24, 2.45) is 0 Å². The molecule has 2 aromatic rings. The van der Waals surface area contributed by atoms with Gasteiger partial charge < -0.3 is 15.2 Å². The highest BCUT2D eigenvalue weighted by atomic mass is 35.5. The molecule has 0 aliphatic rings. The summed E-state index contributed by atoms with van der Waals surface area (Å²) in [5.74, 6) is -0.224. The molecular formula is C16H16ClNO3. The Morgan fingerprint density at radius 2 is 2.05 bits per heavy atom. The zero-order chi connectivity index (χ0) is 15.2. The average Bonchev–Trinajstić information content (AvgIpc) is 2.47. The highest BCUT2D eigenvalue weighted by Gasteiger charge is 2.08. The van der Waals surface area contributed by atoms with Gasteiger partial charge in [-0.3, -0.25) is 0 Å². The molecule has 0 saturated heterocycles. The molecule has 0 radical (unpaired) electrons. The maximum absolute atomic E-state index is 11.7. The summed E-state index contributed by atoms with van der Waals surface area (Å²) in [4.78, 5) is 11.7. The van der Waals surface area contributed by atoms with E-state index in [2.05, 4.69) is 5.32 Å². The second-order valence-electron chi connectivity index (χ2n) is 4.39. The van der Waals surface area contributed by atoms with E-state index in [1.165, 1.54) is 0 Å². The lowest BCUT2D eigenvalue weighted by molar-refractivity contribution is 0.0526. The minimum absolute atomic E-state index is 0.136. The van der Waals surface area contributed by atoms with Crippen molar-refractivity contribution in [1.82, 2.24) is 0 Å². The predicted molar refractivity (Wildman–Crippen MR) is 82.8 cm³/mol. The number of anilines is 1. The summed E-state index contributed by atoms with van der Waals surface area (Å²) in [6, 6.07) is 12.0. The molecule has 0 aromatic heterocycles. The molecule has 0 fully saturated rings. The first kappa shape index (κ1) is 15.2. The molecule has 4 nitrogen and oxygen atoms in total. The summed E-state index contributed by atoms with van der Waals surface area (Å²) in [5.41, 5.74) is 1.84. The largest absolute Gasteiger partial charge is 0.508 e. The minimum Gasteiger partial charge on any atom is -0.508 e. The van der Waals surface area contributed by atoms with Crippen molar-refractivity contribution >= 4 is 23.3 Å². The highest BCUT2D eigenvalue weighted by molar-refractivity contribution is 6.31. The van der Waals surface area contributed by atoms with E-state index in [9.17, 15) is 9.90 Å². The van der Waals surface area contributed by atoms with Crippen LogP contribution in [0, 0.1) is 0 Å². The first-order chi connectivity index (χ1) is 10.1. The van der Waals surface area contributed by atoms with Gasteiger partial charge in [0.1, 0.15) is 5.75 Å². The molecule has 0 amide bonds. The van der Waals surface area contributed by atoms with Gasteiger partial charge in [0.2, 0.25) is 0 Å². The van der Waals surface area contributed by atoms with Gasteiger partial charge in [-0.1, -0.05) is 23.7 Å². The van der Waals surface area contributed by atoms with Crippen LogP contribution in [-0.4, -0.2) is 17.7 Å². The molecule has 0 atom stereocenters. The zero-order valence-corrected chi connectivity index (χ0v) is 12.4. The van der Waals surface area contributed by atoms with E-state index in [1.54, 1.807) is 43.3 Å². The van der Waals surface area contributed by atoms with Crippen LogP contribution in [0.4, 0.5) is 5.69 Å². The number of benzene rings is 2. The Morgan fingerprint density at radius 1 is 1.29 bits per heavy atom. The van der Waals surface area contributed by atoms with Gasteiger partial charge in [-0.15, -0.1) is 0 Å². The van der Waals surface area contributed by atoms with Crippen molar-refractivity contribution < 1.29 is 14.6 Å². The first-order valence-electron chi connectivity index (χ1n) is 6.59. The van der Waals surface area contributed by atoms with Gasteiger partial charge in [0.05, 0.1) is 12.2 Å². The Hall–Kier alpha value is -2.20. The van der Waals surface area contributed by atoms with Crippen LogP contribution in [0.15, 0.2) is 42.5 Å². The van der Waals surface area contributed by atoms with Crippen molar-refractivity contribution in [1.29, 1.82) is 0 Å². The topological polar surface area (TPSA) is 58.6 Å². The number of hydrogen-bond acceptors (Lipinski definition) is 4. The Labute approximate surface area is 128 Å². The van der Waals surface area contributed by atoms with Crippen LogP contribution in [0.5, 0.6) is 5.75 Å². The van der Waals surface area contributed by atoms with Crippen molar-refractivity contribution in [3.8, 4) is 5.75 Å². The fraction of sp³-hybridized carbons (Fsp3) is 0.188. The van der Waals surface area contributed by atoms with Crippen LogP contribution < -0.4 is 5.32 Å². The molecule has 2 aromatic carbocycles. The SMILES string of the molecule is CCOC(=O)c1cccc(NCc2c(O)cccc2Cl)c1. The Kier molecular flexibility index (Phi) is 5.06. The van der Waals surface area contributed by atoms with Crippen molar-refractivity contribution in [3.05, 3.63) is 58.6 Å². The lowest BCUT2D eigenvalue weighted by Gasteiger charge is -2.10. The van der Waals surface area contributed by atoms with Crippen LogP contribution in [0.3, 0.4) is 0 Å². The van der Waals surface area contributed by atoms with Crippen LogP contribution in [-0.2, 0) is 11.3 Å². The van der Waals surface area contributed by atoms with Gasteiger partial charge in [-0.25, -0.2) is 4.79 Å². The maximum Gasteiger partial charge on any atom is 0.338 e. The van der Waals surface area contributed by atoms with E-state index >= 15 is 0 Å². The lowest BCUT2D eigenvalue weighted by atomic mass is 10.1. The Bertz CT molecular complexity index is 623. The maximum atomic E-state index is 11.7. The quantitative estimate of drug-likeness (QED) is 0.824. The molecule has 0 bridgehead atoms. The number of phenols is 1. The average molecular weight is 306 g/mol. The third-order valence-corrected chi connectivity index (χ3v) is 3.29. The Balaban J connectivity index is 2.10. The van der Waals surface area contributed by atoms with Gasteiger partial charge in [-0.2, -0.15) is 0 Å². The molecule has 2 rings (SSSR count). The number of carbonyl (C=O) groups excluding carboxylic acids is 1. The van der Waals surface area contributed by atoms with Crippen molar-refractivity contribution in [3.63, 3.8) is 0 Å². The number of rotatable bonds is 5. The molecule has 0 unspecified atom stereocenters. The molecule has 110 valence electrons. The summed E-state index contributed by atoms with van der Waals surface area (Å²) >= 11 is 6.04. The van der Waals surface area contributed by atoms with E-state index in [0.717, 1.165) is 5.69 Å². The van der Waals surface area contributed by atoms with Crippen molar-refractivity contribution in [2.75, 3.05) is 11.9 Å². The van der Waals surface area contributed by atoms with Gasteiger partial charge in [0, 0.05) is 22.8 Å². The van der Waals surface area contributed by atoms with E-state index in [1.807, 2.05) is 6.07 Å². The van der Waals surface area contributed by atoms with Gasteiger partial charge in [0.15, 0.2) is 0 Å². The summed E-state index contributed by atoms with van der Waals surface area (Å²) in [7, 11) is 0. The van der Waals surface area contributed by atoms with E-state index in [4.69, 9.17) is 16.3 Å². The van der Waals surface area contributed by atoms with Crippen LogP contribution in [0.1, 0.15) is 22.8 Å². The Morgan fingerprint density at radius 3 is 2.76 bits per heavy atom. The number of hydrogen-bond donors (Lipinski definition) is 2. The molecule has 0 aliphatic heterocycles. The van der Waals surface area contributed by atoms with Crippen LogP contribution in [0.25, 0.3) is 0 Å². The van der Waals surface area contributed by atoms with Crippen LogP contribution >= 0.6 is 11.6 Å². The molecule has 2 N–H and O–H groups in total. The molecule has 21 heavy (non-hydrogen) atoms. The predicted octanol–water partition coefficient (Wildman–Crippen LogP) is 3.83. The lowest BCUT2D eigenvalue weighted by Crippen LogP contribution is -2.06. The minimum atomic E-state index is -0.359. The number of esters is 1. The number of phenolic OH excluding ortho intramolecular Hbond substituents is 1. The molecule has 0 spiro atoms. The van der Waals surface area contributed by atoms with Crippen molar-refractivity contribution in [2.45, 2.75) is 13.5 Å². The second kappa shape index (κ2) is 6.99. The highest BCUT2D eigenvalue weighted by Crippen LogP contribution is 2.26. The number of aromatic hydroxyl groups is 1. The summed E-state index contributed by atoms with van der Waals surface area (Å²) < 4.78 is 4.96. The molecule has 0 heterocycles. The summed E-state index contributed by atoms with van der Waals surface area (Å²) in [5, 5.41) is 13.4.